The van der Waals surface area contributed by atoms with Crippen molar-refractivity contribution >= 4 is 31.9 Å². The normalized spacial score (nSPS) is 18.0. The minimum Gasteiger partial charge on any atom is -0.314 e. The van der Waals surface area contributed by atoms with Gasteiger partial charge >= 0.3 is 0 Å². The van der Waals surface area contributed by atoms with E-state index in [1.807, 2.05) is 0 Å². The van der Waals surface area contributed by atoms with Crippen LogP contribution in [0.25, 0.3) is 0 Å². The molecule has 0 spiro atoms. The Balaban J connectivity index is 2.09. The Hall–Kier alpha value is 0.1000. The van der Waals surface area contributed by atoms with Crippen LogP contribution in [0.5, 0.6) is 0 Å². The van der Waals surface area contributed by atoms with E-state index in [9.17, 15) is 0 Å². The van der Waals surface area contributed by atoms with E-state index in [2.05, 4.69) is 60.3 Å². The Morgan fingerprint density at radius 3 is 2.33 bits per heavy atom. The Morgan fingerprint density at radius 2 is 1.73 bits per heavy atom. The van der Waals surface area contributed by atoms with Gasteiger partial charge in [-0.25, -0.2) is 0 Å². The van der Waals surface area contributed by atoms with Crippen molar-refractivity contribution in [2.45, 2.75) is 6.54 Å². The molecule has 0 aliphatic carbocycles. The van der Waals surface area contributed by atoms with Gasteiger partial charge in [0.2, 0.25) is 0 Å². The van der Waals surface area contributed by atoms with E-state index in [0.29, 0.717) is 0 Å². The number of rotatable bonds is 2. The zero-order valence-corrected chi connectivity index (χ0v) is 11.6. The summed E-state index contributed by atoms with van der Waals surface area (Å²) >= 11 is 7.20. The Morgan fingerprint density at radius 1 is 1.13 bits per heavy atom. The molecule has 0 atom stereocenters. The number of piperazine rings is 1. The van der Waals surface area contributed by atoms with Crippen molar-refractivity contribution in [2.75, 3.05) is 26.2 Å². The fraction of sp³-hybridized carbons (Fsp3) is 0.455. The summed E-state index contributed by atoms with van der Waals surface area (Å²) in [5, 5.41) is 3.36. The van der Waals surface area contributed by atoms with E-state index in [0.717, 1.165) is 32.7 Å². The monoisotopic (exact) mass is 332 g/mol. The van der Waals surface area contributed by atoms with Gasteiger partial charge in [-0.3, -0.25) is 4.90 Å². The highest BCUT2D eigenvalue weighted by molar-refractivity contribution is 9.11. The highest BCUT2D eigenvalue weighted by Crippen LogP contribution is 2.26. The molecule has 0 amide bonds. The molecule has 0 radical (unpaired) electrons. The maximum absolute atomic E-state index is 3.60. The Labute approximate surface area is 107 Å². The van der Waals surface area contributed by atoms with Crippen molar-refractivity contribution in [2.24, 2.45) is 0 Å². The van der Waals surface area contributed by atoms with E-state index < -0.39 is 0 Å². The highest BCUT2D eigenvalue weighted by atomic mass is 79.9. The van der Waals surface area contributed by atoms with Crippen molar-refractivity contribution in [3.8, 4) is 0 Å². The first kappa shape index (κ1) is 11.6. The maximum Gasteiger partial charge on any atom is 0.0257 e. The fourth-order valence-electron chi connectivity index (χ4n) is 1.78. The summed E-state index contributed by atoms with van der Waals surface area (Å²) in [4.78, 5) is 2.47. The van der Waals surface area contributed by atoms with Crippen LogP contribution in [0.15, 0.2) is 27.1 Å². The van der Waals surface area contributed by atoms with E-state index in [1.165, 1.54) is 14.5 Å². The smallest absolute Gasteiger partial charge is 0.0257 e. The lowest BCUT2D eigenvalue weighted by Gasteiger charge is -2.27. The number of benzene rings is 1. The van der Waals surface area contributed by atoms with Crippen LogP contribution in [0.2, 0.25) is 0 Å². The van der Waals surface area contributed by atoms with Gasteiger partial charge in [0.25, 0.3) is 0 Å². The van der Waals surface area contributed by atoms with Crippen LogP contribution in [0.4, 0.5) is 0 Å². The molecule has 1 aliphatic heterocycles. The molecular weight excluding hydrogens is 320 g/mol. The average molecular weight is 334 g/mol. The third-order valence-corrected chi connectivity index (χ3v) is 4.14. The molecule has 2 nitrogen and oxygen atoms in total. The first-order chi connectivity index (χ1) is 7.27. The highest BCUT2D eigenvalue weighted by Gasteiger charge is 2.13. The van der Waals surface area contributed by atoms with Gasteiger partial charge in [0, 0.05) is 41.7 Å². The lowest BCUT2D eigenvalue weighted by Crippen LogP contribution is -2.43. The van der Waals surface area contributed by atoms with Crippen molar-refractivity contribution in [1.82, 2.24) is 10.2 Å². The van der Waals surface area contributed by atoms with Crippen molar-refractivity contribution < 1.29 is 0 Å². The molecule has 0 bridgehead atoms. The summed E-state index contributed by atoms with van der Waals surface area (Å²) in [7, 11) is 0. The predicted molar refractivity (Wildman–Crippen MR) is 70.0 cm³/mol. The van der Waals surface area contributed by atoms with Crippen LogP contribution in [-0.4, -0.2) is 31.1 Å². The average Bonchev–Trinajstić information content (AvgIpc) is 2.25. The molecule has 1 heterocycles. The molecule has 1 N–H and O–H groups in total. The molecular formula is C11H14Br2N2. The van der Waals surface area contributed by atoms with Crippen LogP contribution in [0.1, 0.15) is 5.56 Å². The molecule has 0 unspecified atom stereocenters. The second kappa shape index (κ2) is 5.43. The maximum atomic E-state index is 3.60. The van der Waals surface area contributed by atoms with Crippen molar-refractivity contribution in [3.63, 3.8) is 0 Å². The van der Waals surface area contributed by atoms with Gasteiger partial charge in [-0.2, -0.15) is 0 Å². The first-order valence-corrected chi connectivity index (χ1v) is 6.72. The summed E-state index contributed by atoms with van der Waals surface area (Å²) < 4.78 is 2.38. The zero-order chi connectivity index (χ0) is 10.7. The SMILES string of the molecule is Brc1cccc(Br)c1CN1CCNCC1. The van der Waals surface area contributed by atoms with Crippen molar-refractivity contribution in [3.05, 3.63) is 32.7 Å². The molecule has 82 valence electrons. The lowest BCUT2D eigenvalue weighted by molar-refractivity contribution is 0.232. The first-order valence-electron chi connectivity index (χ1n) is 5.13. The molecule has 15 heavy (non-hydrogen) atoms. The van der Waals surface area contributed by atoms with E-state index in [-0.39, 0.29) is 0 Å². The van der Waals surface area contributed by atoms with Crippen LogP contribution in [-0.2, 0) is 6.54 Å². The number of halogens is 2. The number of hydrogen-bond donors (Lipinski definition) is 1. The third-order valence-electron chi connectivity index (χ3n) is 2.65. The Bertz CT molecular complexity index is 315. The molecule has 4 heteroatoms. The van der Waals surface area contributed by atoms with Crippen LogP contribution < -0.4 is 5.32 Å². The number of hydrogen-bond acceptors (Lipinski definition) is 2. The molecule has 1 aromatic rings. The summed E-state index contributed by atoms with van der Waals surface area (Å²) in [6.07, 6.45) is 0. The molecule has 2 rings (SSSR count). The second-order valence-electron chi connectivity index (χ2n) is 3.73. The van der Waals surface area contributed by atoms with Crippen LogP contribution in [0, 0.1) is 0 Å². The second-order valence-corrected chi connectivity index (χ2v) is 5.44. The number of nitrogens with zero attached hydrogens (tertiary/aromatic N) is 1. The van der Waals surface area contributed by atoms with Gasteiger partial charge in [-0.05, 0) is 17.7 Å². The van der Waals surface area contributed by atoms with Gasteiger partial charge in [0.1, 0.15) is 0 Å². The van der Waals surface area contributed by atoms with Gasteiger partial charge in [0.05, 0.1) is 0 Å². The molecule has 1 aromatic carbocycles. The number of nitrogens with one attached hydrogen (secondary N) is 1. The standard InChI is InChI=1S/C11H14Br2N2/c12-10-2-1-3-11(13)9(10)8-15-6-4-14-5-7-15/h1-3,14H,4-8H2. The molecule has 1 aliphatic rings. The topological polar surface area (TPSA) is 15.3 Å². The summed E-state index contributed by atoms with van der Waals surface area (Å²) in [6.45, 7) is 5.48. The molecule has 1 fully saturated rings. The van der Waals surface area contributed by atoms with Crippen LogP contribution in [0.3, 0.4) is 0 Å². The van der Waals surface area contributed by atoms with Gasteiger partial charge < -0.3 is 5.32 Å². The largest absolute Gasteiger partial charge is 0.314 e. The third kappa shape index (κ3) is 3.03. The summed E-state index contributed by atoms with van der Waals surface area (Å²) in [5.74, 6) is 0. The van der Waals surface area contributed by atoms with Crippen molar-refractivity contribution in [1.29, 1.82) is 0 Å². The summed E-state index contributed by atoms with van der Waals surface area (Å²) in [5.41, 5.74) is 1.35. The van der Waals surface area contributed by atoms with Gasteiger partial charge in [-0.15, -0.1) is 0 Å². The van der Waals surface area contributed by atoms with E-state index >= 15 is 0 Å². The van der Waals surface area contributed by atoms with E-state index in [1.54, 1.807) is 0 Å². The van der Waals surface area contributed by atoms with Gasteiger partial charge in [0.15, 0.2) is 0 Å². The molecule has 0 saturated carbocycles. The molecule has 0 aromatic heterocycles. The lowest BCUT2D eigenvalue weighted by atomic mass is 10.2. The quantitative estimate of drug-likeness (QED) is 0.895. The molecule has 1 saturated heterocycles. The van der Waals surface area contributed by atoms with Crippen LogP contribution >= 0.6 is 31.9 Å². The fourth-order valence-corrected chi connectivity index (χ4v) is 3.03. The van der Waals surface area contributed by atoms with E-state index in [4.69, 9.17) is 0 Å². The minimum atomic E-state index is 1.02. The predicted octanol–water partition coefficient (Wildman–Crippen LogP) is 2.62. The van der Waals surface area contributed by atoms with Gasteiger partial charge in [-0.1, -0.05) is 37.9 Å². The Kier molecular flexibility index (Phi) is 4.20. The summed E-state index contributed by atoms with van der Waals surface area (Å²) in [6, 6.07) is 6.25. The zero-order valence-electron chi connectivity index (χ0n) is 8.47. The minimum absolute atomic E-state index is 1.02.